The van der Waals surface area contributed by atoms with Gasteiger partial charge in [-0.2, -0.15) is 0 Å². The monoisotopic (exact) mass is 176 g/mol. The van der Waals surface area contributed by atoms with E-state index in [2.05, 4.69) is 26.0 Å². The Hall–Kier alpha value is -0.195. The zero-order valence-electron chi connectivity index (χ0n) is 9.22. The zero-order chi connectivity index (χ0) is 9.90. The molecule has 1 fully saturated rings. The highest BCUT2D eigenvalue weighted by Crippen LogP contribution is 2.46. The summed E-state index contributed by atoms with van der Waals surface area (Å²) in [7, 11) is 6.10. The van der Waals surface area contributed by atoms with Crippen LogP contribution in [0.3, 0.4) is 0 Å². The van der Waals surface area contributed by atoms with Crippen LogP contribution < -0.4 is 0 Å². The van der Waals surface area contributed by atoms with Crippen molar-refractivity contribution in [2.24, 2.45) is 11.8 Å². The lowest BCUT2D eigenvalue weighted by atomic mass is 9.67. The number of hydrogen-bond donors (Lipinski definition) is 0. The first-order chi connectivity index (χ1) is 6.09. The van der Waals surface area contributed by atoms with Crippen molar-refractivity contribution in [3.63, 3.8) is 0 Å². The van der Waals surface area contributed by atoms with Crippen LogP contribution in [0, 0.1) is 11.8 Å². The van der Waals surface area contributed by atoms with Gasteiger partial charge in [0.25, 0.3) is 0 Å². The van der Waals surface area contributed by atoms with E-state index in [-0.39, 0.29) is 5.31 Å². The third-order valence-electron chi connectivity index (χ3n) is 3.19. The van der Waals surface area contributed by atoms with Crippen molar-refractivity contribution in [2.45, 2.75) is 51.8 Å². The summed E-state index contributed by atoms with van der Waals surface area (Å²) >= 11 is 0. The van der Waals surface area contributed by atoms with Gasteiger partial charge in [-0.15, -0.1) is 0 Å². The summed E-state index contributed by atoms with van der Waals surface area (Å²) in [5.41, 5.74) is 0. The molecule has 0 aromatic rings. The molecule has 0 saturated heterocycles. The molecule has 0 aromatic carbocycles. The van der Waals surface area contributed by atoms with Crippen molar-refractivity contribution in [1.82, 2.24) is 0 Å². The van der Waals surface area contributed by atoms with E-state index in [1.807, 2.05) is 6.92 Å². The molecule has 0 aliphatic heterocycles. The minimum atomic E-state index is -0.0738. The molecule has 3 atom stereocenters. The number of hydrogen-bond acceptors (Lipinski definition) is 0. The van der Waals surface area contributed by atoms with E-state index in [1.165, 1.54) is 19.3 Å². The molecule has 13 heavy (non-hydrogen) atoms. The molecule has 1 saturated carbocycles. The SMILES string of the molecule is [B]C(C)(C=CC)CCC1CC1CC. The predicted octanol–water partition coefficient (Wildman–Crippen LogP) is 3.74. The van der Waals surface area contributed by atoms with Gasteiger partial charge in [-0.3, -0.25) is 0 Å². The fourth-order valence-electron chi connectivity index (χ4n) is 2.12. The molecule has 3 unspecified atom stereocenters. The third kappa shape index (κ3) is 3.58. The van der Waals surface area contributed by atoms with Crippen LogP contribution in [0.4, 0.5) is 0 Å². The molecule has 1 heteroatoms. The molecule has 1 aliphatic carbocycles. The van der Waals surface area contributed by atoms with Gasteiger partial charge in [0, 0.05) is 0 Å². The molecule has 1 rings (SSSR count). The maximum Gasteiger partial charge on any atom is 0.0798 e. The topological polar surface area (TPSA) is 0 Å². The van der Waals surface area contributed by atoms with Crippen LogP contribution in [0.15, 0.2) is 12.2 Å². The van der Waals surface area contributed by atoms with E-state index < -0.39 is 0 Å². The highest BCUT2D eigenvalue weighted by atomic mass is 14.4. The van der Waals surface area contributed by atoms with Crippen LogP contribution in [0.25, 0.3) is 0 Å². The molecule has 0 amide bonds. The van der Waals surface area contributed by atoms with Gasteiger partial charge < -0.3 is 0 Å². The van der Waals surface area contributed by atoms with Crippen molar-refractivity contribution in [3.05, 3.63) is 12.2 Å². The van der Waals surface area contributed by atoms with E-state index in [1.54, 1.807) is 0 Å². The Labute approximate surface area is 84.2 Å². The molecule has 0 aromatic heterocycles. The van der Waals surface area contributed by atoms with Crippen LogP contribution in [-0.4, -0.2) is 7.85 Å². The van der Waals surface area contributed by atoms with Gasteiger partial charge in [0.1, 0.15) is 0 Å². The summed E-state index contributed by atoms with van der Waals surface area (Å²) in [6.45, 7) is 6.45. The first-order valence-corrected chi connectivity index (χ1v) is 5.52. The summed E-state index contributed by atoms with van der Waals surface area (Å²) in [5, 5.41) is -0.0738. The van der Waals surface area contributed by atoms with E-state index in [9.17, 15) is 0 Å². The Balaban J connectivity index is 2.19. The summed E-state index contributed by atoms with van der Waals surface area (Å²) in [5.74, 6) is 2.00. The maximum atomic E-state index is 6.10. The quantitative estimate of drug-likeness (QED) is 0.442. The smallest absolute Gasteiger partial charge is 0.0798 e. The Bertz CT molecular complexity index is 182. The van der Waals surface area contributed by atoms with Crippen molar-refractivity contribution < 1.29 is 0 Å². The second-order valence-electron chi connectivity index (χ2n) is 4.71. The lowest BCUT2D eigenvalue weighted by Crippen LogP contribution is -2.04. The number of rotatable bonds is 5. The van der Waals surface area contributed by atoms with Crippen molar-refractivity contribution in [3.8, 4) is 0 Å². The first-order valence-electron chi connectivity index (χ1n) is 5.52. The molecular formula is C12H21B. The van der Waals surface area contributed by atoms with Gasteiger partial charge in [-0.05, 0) is 25.2 Å². The van der Waals surface area contributed by atoms with Crippen molar-refractivity contribution >= 4 is 7.85 Å². The van der Waals surface area contributed by atoms with Gasteiger partial charge in [0.15, 0.2) is 0 Å². The van der Waals surface area contributed by atoms with Gasteiger partial charge in [0.05, 0.1) is 7.85 Å². The zero-order valence-corrected chi connectivity index (χ0v) is 9.22. The van der Waals surface area contributed by atoms with Crippen molar-refractivity contribution in [1.29, 1.82) is 0 Å². The molecule has 1 aliphatic rings. The van der Waals surface area contributed by atoms with Gasteiger partial charge in [0.2, 0.25) is 0 Å². The standard InChI is InChI=1S/C12H21B/c1-4-7-12(3,13)8-6-11-9-10(11)5-2/h4,7,10-11H,5-6,8-9H2,1-3H3. The van der Waals surface area contributed by atoms with Gasteiger partial charge in [-0.1, -0.05) is 50.6 Å². The Morgan fingerprint density at radius 1 is 1.46 bits per heavy atom. The highest BCUT2D eigenvalue weighted by molar-refractivity contribution is 6.16. The van der Waals surface area contributed by atoms with Crippen LogP contribution >= 0.6 is 0 Å². The fourth-order valence-corrected chi connectivity index (χ4v) is 2.12. The van der Waals surface area contributed by atoms with Gasteiger partial charge >= 0.3 is 0 Å². The van der Waals surface area contributed by atoms with Crippen LogP contribution in [0.1, 0.15) is 46.5 Å². The first kappa shape index (κ1) is 10.9. The molecule has 72 valence electrons. The van der Waals surface area contributed by atoms with Crippen LogP contribution in [0.5, 0.6) is 0 Å². The molecule has 2 radical (unpaired) electrons. The lowest BCUT2D eigenvalue weighted by Gasteiger charge is -2.20. The van der Waals surface area contributed by atoms with E-state index in [0.29, 0.717) is 0 Å². The molecule has 0 heterocycles. The second kappa shape index (κ2) is 4.35. The Morgan fingerprint density at radius 3 is 2.62 bits per heavy atom. The minimum Gasteiger partial charge on any atom is -0.0919 e. The minimum absolute atomic E-state index is 0.0738. The van der Waals surface area contributed by atoms with E-state index in [4.69, 9.17) is 7.85 Å². The van der Waals surface area contributed by atoms with Crippen LogP contribution in [-0.2, 0) is 0 Å². The summed E-state index contributed by atoms with van der Waals surface area (Å²) in [4.78, 5) is 0. The molecule has 0 bridgehead atoms. The summed E-state index contributed by atoms with van der Waals surface area (Å²) < 4.78 is 0. The molecule has 0 spiro atoms. The van der Waals surface area contributed by atoms with Crippen LogP contribution in [0.2, 0.25) is 5.31 Å². The summed E-state index contributed by atoms with van der Waals surface area (Å²) in [6, 6.07) is 0. The predicted molar refractivity (Wildman–Crippen MR) is 60.1 cm³/mol. The van der Waals surface area contributed by atoms with E-state index >= 15 is 0 Å². The molecule has 0 nitrogen and oxygen atoms in total. The number of allylic oxidation sites excluding steroid dienone is 2. The lowest BCUT2D eigenvalue weighted by molar-refractivity contribution is 0.550. The highest BCUT2D eigenvalue weighted by Gasteiger charge is 2.35. The average molecular weight is 176 g/mol. The van der Waals surface area contributed by atoms with Crippen molar-refractivity contribution in [2.75, 3.05) is 0 Å². The Morgan fingerprint density at radius 2 is 2.15 bits per heavy atom. The largest absolute Gasteiger partial charge is 0.0919 e. The van der Waals surface area contributed by atoms with E-state index in [0.717, 1.165) is 18.3 Å². The van der Waals surface area contributed by atoms with Gasteiger partial charge in [-0.25, -0.2) is 0 Å². The summed E-state index contributed by atoms with van der Waals surface area (Å²) in [6.07, 6.45) is 9.44. The Kier molecular flexibility index (Phi) is 3.64. The maximum absolute atomic E-state index is 6.10. The molecule has 0 N–H and O–H groups in total. The average Bonchev–Trinajstić information content (AvgIpc) is 2.79. The fraction of sp³-hybridized carbons (Fsp3) is 0.833. The third-order valence-corrected chi connectivity index (χ3v) is 3.19. The second-order valence-corrected chi connectivity index (χ2v) is 4.71. The molecular weight excluding hydrogens is 155 g/mol. The normalized spacial score (nSPS) is 31.9.